The molecular weight excluding hydrogens is 374 g/mol. The van der Waals surface area contributed by atoms with E-state index in [2.05, 4.69) is 20.0 Å². The molecular formula is C20H13N5O4. The van der Waals surface area contributed by atoms with Gasteiger partial charge in [-0.1, -0.05) is 35.4 Å². The summed E-state index contributed by atoms with van der Waals surface area (Å²) in [6.07, 6.45) is -0.475. The second kappa shape index (κ2) is 7.41. The van der Waals surface area contributed by atoms with Gasteiger partial charge in [-0.25, -0.2) is 9.98 Å². The molecule has 0 spiro atoms. The zero-order chi connectivity index (χ0) is 20.4. The Morgan fingerprint density at radius 2 is 1.90 bits per heavy atom. The van der Waals surface area contributed by atoms with Crippen LogP contribution in [0, 0.1) is 0 Å². The third kappa shape index (κ3) is 3.62. The first-order valence-electron chi connectivity index (χ1n) is 8.66. The summed E-state index contributed by atoms with van der Waals surface area (Å²) in [6, 6.07) is 13.8. The van der Waals surface area contributed by atoms with Gasteiger partial charge in [0, 0.05) is 33.9 Å². The molecule has 2 aliphatic rings. The van der Waals surface area contributed by atoms with Crippen LogP contribution in [0.3, 0.4) is 0 Å². The van der Waals surface area contributed by atoms with Crippen molar-refractivity contribution in [3.8, 4) is 11.5 Å². The normalized spacial score (nSPS) is 11.7. The first-order valence-corrected chi connectivity index (χ1v) is 8.66. The number of carboxylic acids is 1. The summed E-state index contributed by atoms with van der Waals surface area (Å²) in [6.45, 7) is 0. The maximum atomic E-state index is 12.1. The Hall–Kier alpha value is -4.23. The van der Waals surface area contributed by atoms with Crippen molar-refractivity contribution in [1.82, 2.24) is 4.98 Å². The first-order chi connectivity index (χ1) is 14.0. The van der Waals surface area contributed by atoms with E-state index < -0.39 is 11.9 Å². The average Bonchev–Trinajstić information content (AvgIpc) is 2.71. The predicted molar refractivity (Wildman–Crippen MR) is 104 cm³/mol. The van der Waals surface area contributed by atoms with Gasteiger partial charge in [-0.15, -0.1) is 0 Å². The van der Waals surface area contributed by atoms with Crippen LogP contribution in [0.25, 0.3) is 43.8 Å². The minimum Gasteiger partial charge on any atom is -0.481 e. The van der Waals surface area contributed by atoms with Gasteiger partial charge in [-0.2, -0.15) is 0 Å². The number of rotatable bonds is 4. The number of nitrogens with zero attached hydrogens (tertiary/aromatic N) is 5. The summed E-state index contributed by atoms with van der Waals surface area (Å²) in [5, 5.41) is 14.1. The second-order valence-electron chi connectivity index (χ2n) is 6.24. The highest BCUT2D eigenvalue weighted by molar-refractivity contribution is 5.97. The van der Waals surface area contributed by atoms with Gasteiger partial charge in [0.05, 0.1) is 11.8 Å². The molecule has 1 amide bonds. The van der Waals surface area contributed by atoms with E-state index in [0.717, 1.165) is 5.39 Å². The molecule has 0 saturated heterocycles. The molecule has 0 radical (unpaired) electrons. The molecule has 0 aromatic heterocycles. The highest BCUT2D eigenvalue weighted by Gasteiger charge is 2.15. The summed E-state index contributed by atoms with van der Waals surface area (Å²) >= 11 is 0. The number of aromatic nitrogens is 1. The number of carbonyl (C=O) groups excluding carboxylic acids is 1. The maximum absolute atomic E-state index is 12.1. The van der Waals surface area contributed by atoms with Crippen molar-refractivity contribution in [1.29, 1.82) is 0 Å². The molecule has 0 unspecified atom stereocenters. The number of benzene rings is 3. The van der Waals surface area contributed by atoms with Crippen LogP contribution in [0.4, 0.5) is 5.69 Å². The van der Waals surface area contributed by atoms with Crippen LogP contribution < -0.4 is 5.36 Å². The van der Waals surface area contributed by atoms with Crippen LogP contribution in [-0.4, -0.2) is 22.0 Å². The smallest absolute Gasteiger partial charge is 0.303 e. The first kappa shape index (κ1) is 18.1. The highest BCUT2D eigenvalue weighted by Crippen LogP contribution is 2.31. The SMILES string of the molecule is [N-]=[N+]=Nc1ccc2nc3c4ccccc4c(=NC(=O)CCC(=O)O)cc-3oc2c1. The van der Waals surface area contributed by atoms with E-state index in [1.165, 1.54) is 0 Å². The summed E-state index contributed by atoms with van der Waals surface area (Å²) < 4.78 is 5.95. The lowest BCUT2D eigenvalue weighted by atomic mass is 10.0. The second-order valence-corrected chi connectivity index (χ2v) is 6.24. The molecule has 0 fully saturated rings. The molecule has 29 heavy (non-hydrogen) atoms. The van der Waals surface area contributed by atoms with Crippen LogP contribution in [0.5, 0.6) is 0 Å². The van der Waals surface area contributed by atoms with Crippen LogP contribution in [-0.2, 0) is 9.59 Å². The zero-order valence-electron chi connectivity index (χ0n) is 14.9. The lowest BCUT2D eigenvalue weighted by molar-refractivity contribution is -0.138. The molecule has 1 aliphatic heterocycles. The van der Waals surface area contributed by atoms with Crippen LogP contribution in [0.2, 0.25) is 0 Å². The third-order valence-corrected chi connectivity index (χ3v) is 4.31. The molecule has 9 heteroatoms. The largest absolute Gasteiger partial charge is 0.481 e. The van der Waals surface area contributed by atoms with Gasteiger partial charge in [-0.05, 0) is 17.7 Å². The van der Waals surface area contributed by atoms with Gasteiger partial charge >= 0.3 is 5.97 Å². The van der Waals surface area contributed by atoms with Gasteiger partial charge < -0.3 is 9.52 Å². The number of carboxylic acid groups (broad SMARTS) is 1. The van der Waals surface area contributed by atoms with E-state index in [0.29, 0.717) is 39.0 Å². The van der Waals surface area contributed by atoms with Crippen molar-refractivity contribution in [3.05, 3.63) is 64.3 Å². The van der Waals surface area contributed by atoms with Crippen molar-refractivity contribution >= 4 is 39.4 Å². The van der Waals surface area contributed by atoms with Gasteiger partial charge in [0.15, 0.2) is 11.3 Å². The number of amides is 1. The van der Waals surface area contributed by atoms with E-state index in [1.807, 2.05) is 24.3 Å². The van der Waals surface area contributed by atoms with Gasteiger partial charge in [0.2, 0.25) is 5.91 Å². The molecule has 2 aromatic rings. The van der Waals surface area contributed by atoms with Gasteiger partial charge in [0.25, 0.3) is 0 Å². The van der Waals surface area contributed by atoms with Crippen LogP contribution in [0.15, 0.2) is 63.1 Å². The summed E-state index contributed by atoms with van der Waals surface area (Å²) in [4.78, 5) is 34.3. The van der Waals surface area contributed by atoms with E-state index >= 15 is 0 Å². The fourth-order valence-electron chi connectivity index (χ4n) is 3.04. The Labute approximate surface area is 162 Å². The molecule has 1 aliphatic carbocycles. The lowest BCUT2D eigenvalue weighted by Gasteiger charge is -2.10. The van der Waals surface area contributed by atoms with Crippen molar-refractivity contribution in [2.45, 2.75) is 12.8 Å². The third-order valence-electron chi connectivity index (χ3n) is 4.31. The standard InChI is InChI=1S/C20H13N5O4/c21-25-24-11-5-6-14-16(9-11)29-17-10-15(22-18(26)7-8-19(27)28)12-3-1-2-4-13(12)20(17)23-14/h1-6,9-10H,7-8H2,(H,27,28). The molecule has 142 valence electrons. The van der Waals surface area contributed by atoms with Gasteiger partial charge in [0.1, 0.15) is 11.2 Å². The van der Waals surface area contributed by atoms with Gasteiger partial charge in [-0.3, -0.25) is 9.59 Å². The monoisotopic (exact) mass is 387 g/mol. The number of aliphatic carboxylic acids is 1. The molecule has 0 saturated carbocycles. The fourth-order valence-corrected chi connectivity index (χ4v) is 3.04. The molecule has 0 atom stereocenters. The summed E-state index contributed by atoms with van der Waals surface area (Å²) in [7, 11) is 0. The Balaban J connectivity index is 1.97. The maximum Gasteiger partial charge on any atom is 0.303 e. The van der Waals surface area contributed by atoms with Crippen molar-refractivity contribution < 1.29 is 19.1 Å². The Morgan fingerprint density at radius 3 is 2.66 bits per heavy atom. The molecule has 0 bridgehead atoms. The zero-order valence-corrected chi connectivity index (χ0v) is 14.9. The van der Waals surface area contributed by atoms with Crippen molar-refractivity contribution in [2.75, 3.05) is 0 Å². The summed E-state index contributed by atoms with van der Waals surface area (Å²) in [5.41, 5.74) is 10.6. The summed E-state index contributed by atoms with van der Waals surface area (Å²) in [5.74, 6) is -1.19. The minimum atomic E-state index is -1.06. The van der Waals surface area contributed by atoms with E-state index in [4.69, 9.17) is 15.1 Å². The highest BCUT2D eigenvalue weighted by atomic mass is 16.4. The molecule has 2 aromatic carbocycles. The lowest BCUT2D eigenvalue weighted by Crippen LogP contribution is -2.11. The van der Waals surface area contributed by atoms with Crippen molar-refractivity contribution in [2.24, 2.45) is 10.1 Å². The number of carbonyl (C=O) groups is 2. The predicted octanol–water partition coefficient (Wildman–Crippen LogP) is 4.32. The van der Waals surface area contributed by atoms with Crippen molar-refractivity contribution in [3.63, 3.8) is 0 Å². The van der Waals surface area contributed by atoms with Crippen LogP contribution >= 0.6 is 0 Å². The fraction of sp³-hybridized carbons (Fsp3) is 0.100. The number of hydrogen-bond donors (Lipinski definition) is 1. The Morgan fingerprint density at radius 1 is 1.10 bits per heavy atom. The Bertz CT molecular complexity index is 1370. The molecule has 1 N–H and O–H groups in total. The number of fused-ring (bicyclic) bond motifs is 4. The minimum absolute atomic E-state index is 0.190. The molecule has 9 nitrogen and oxygen atoms in total. The van der Waals surface area contributed by atoms with E-state index in [9.17, 15) is 9.59 Å². The number of azide groups is 1. The molecule has 1 heterocycles. The van der Waals surface area contributed by atoms with Crippen LogP contribution in [0.1, 0.15) is 12.8 Å². The molecule has 4 rings (SSSR count). The quantitative estimate of drug-likeness (QED) is 0.182. The van der Waals surface area contributed by atoms with E-state index in [-0.39, 0.29) is 12.8 Å². The van der Waals surface area contributed by atoms with E-state index in [1.54, 1.807) is 24.3 Å². The average molecular weight is 387 g/mol. The topological polar surface area (TPSA) is 142 Å². The Kier molecular flexibility index (Phi) is 4.64. The number of hydrogen-bond acceptors (Lipinski definition) is 5.